The second-order valence-electron chi connectivity index (χ2n) is 6.67. The fraction of sp³-hybridized carbons (Fsp3) is 0.333. The van der Waals surface area contributed by atoms with E-state index in [9.17, 15) is 18.0 Å². The Morgan fingerprint density at radius 3 is 2.90 bits per heavy atom. The highest BCUT2D eigenvalue weighted by molar-refractivity contribution is 7.71. The molecule has 2 aromatic heterocycles. The summed E-state index contributed by atoms with van der Waals surface area (Å²) in [5.41, 5.74) is -0.257. The summed E-state index contributed by atoms with van der Waals surface area (Å²) in [6, 6.07) is 5.28. The Morgan fingerprint density at radius 2 is 2.17 bits per heavy atom. The maximum atomic E-state index is 12.9. The first-order chi connectivity index (χ1) is 13.8. The third kappa shape index (κ3) is 4.40. The molecule has 0 atom stereocenters. The van der Waals surface area contributed by atoms with Crippen molar-refractivity contribution in [3.05, 3.63) is 51.5 Å². The van der Waals surface area contributed by atoms with Crippen molar-refractivity contribution in [1.82, 2.24) is 25.1 Å². The molecule has 1 aromatic carbocycles. The van der Waals surface area contributed by atoms with Gasteiger partial charge >= 0.3 is 6.18 Å². The largest absolute Gasteiger partial charge is 0.416 e. The molecule has 29 heavy (non-hydrogen) atoms. The summed E-state index contributed by atoms with van der Waals surface area (Å²) in [7, 11) is 0. The van der Waals surface area contributed by atoms with Gasteiger partial charge in [0, 0.05) is 30.0 Å². The summed E-state index contributed by atoms with van der Waals surface area (Å²) in [4.78, 5) is 16.5. The molecule has 1 aliphatic carbocycles. The molecule has 0 saturated heterocycles. The van der Waals surface area contributed by atoms with Gasteiger partial charge in [-0.2, -0.15) is 18.3 Å². The normalized spacial score (nSPS) is 14.2. The van der Waals surface area contributed by atoms with Crippen LogP contribution in [0.1, 0.15) is 40.8 Å². The number of thiazole rings is 1. The third-order valence-electron chi connectivity index (χ3n) is 4.50. The van der Waals surface area contributed by atoms with Crippen LogP contribution in [-0.2, 0) is 12.6 Å². The first-order valence-corrected chi connectivity index (χ1v) is 10.2. The molecule has 1 fully saturated rings. The van der Waals surface area contributed by atoms with Gasteiger partial charge in [-0.15, -0.1) is 11.3 Å². The number of rotatable bonds is 6. The van der Waals surface area contributed by atoms with Crippen molar-refractivity contribution in [3.63, 3.8) is 0 Å². The molecule has 0 bridgehead atoms. The van der Waals surface area contributed by atoms with E-state index in [1.54, 1.807) is 0 Å². The zero-order valence-electron chi connectivity index (χ0n) is 15.0. The number of amides is 1. The van der Waals surface area contributed by atoms with Crippen molar-refractivity contribution in [3.8, 4) is 10.6 Å². The lowest BCUT2D eigenvalue weighted by Crippen LogP contribution is -2.26. The number of benzene rings is 1. The van der Waals surface area contributed by atoms with Crippen LogP contribution in [0.2, 0.25) is 0 Å². The van der Waals surface area contributed by atoms with E-state index in [1.807, 2.05) is 4.57 Å². The Labute approximate surface area is 172 Å². The van der Waals surface area contributed by atoms with Crippen LogP contribution < -0.4 is 5.32 Å². The average molecular weight is 439 g/mol. The molecule has 0 aliphatic heterocycles. The molecule has 1 saturated carbocycles. The van der Waals surface area contributed by atoms with Crippen LogP contribution in [0.15, 0.2) is 29.6 Å². The minimum atomic E-state index is -4.43. The fourth-order valence-corrected chi connectivity index (χ4v) is 4.04. The van der Waals surface area contributed by atoms with Crippen LogP contribution in [0.4, 0.5) is 13.2 Å². The van der Waals surface area contributed by atoms with Crippen molar-refractivity contribution in [2.75, 3.05) is 6.54 Å². The Kier molecular flexibility index (Phi) is 5.26. The average Bonchev–Trinajstić information content (AvgIpc) is 3.26. The van der Waals surface area contributed by atoms with Gasteiger partial charge < -0.3 is 9.88 Å². The Bertz CT molecular complexity index is 1100. The van der Waals surface area contributed by atoms with E-state index in [2.05, 4.69) is 20.5 Å². The van der Waals surface area contributed by atoms with Gasteiger partial charge in [0.15, 0.2) is 4.77 Å². The highest BCUT2D eigenvalue weighted by Gasteiger charge is 2.30. The highest BCUT2D eigenvalue weighted by atomic mass is 32.1. The van der Waals surface area contributed by atoms with Crippen LogP contribution in [-0.4, -0.2) is 32.2 Å². The summed E-state index contributed by atoms with van der Waals surface area (Å²) in [6.07, 6.45) is -1.77. The van der Waals surface area contributed by atoms with Gasteiger partial charge in [0.25, 0.3) is 5.91 Å². The minimum absolute atomic E-state index is 0.170. The molecular formula is C18H16F3N5OS2. The number of hydrogen-bond acceptors (Lipinski definition) is 5. The molecule has 0 unspecified atom stereocenters. The lowest BCUT2D eigenvalue weighted by Gasteiger charge is -2.07. The smallest absolute Gasteiger partial charge is 0.350 e. The quantitative estimate of drug-likeness (QED) is 0.559. The van der Waals surface area contributed by atoms with Gasteiger partial charge in [-0.3, -0.25) is 9.89 Å². The maximum Gasteiger partial charge on any atom is 0.416 e. The first-order valence-electron chi connectivity index (χ1n) is 8.90. The zero-order valence-corrected chi connectivity index (χ0v) is 16.6. The lowest BCUT2D eigenvalue weighted by molar-refractivity contribution is -0.137. The van der Waals surface area contributed by atoms with E-state index in [1.165, 1.54) is 17.5 Å². The Balaban J connectivity index is 1.40. The highest BCUT2D eigenvalue weighted by Crippen LogP contribution is 2.36. The second-order valence-corrected chi connectivity index (χ2v) is 7.91. The Hall–Kier alpha value is -2.53. The summed E-state index contributed by atoms with van der Waals surface area (Å²) in [5, 5.41) is 11.6. The van der Waals surface area contributed by atoms with Crippen LogP contribution in [0, 0.1) is 4.77 Å². The van der Waals surface area contributed by atoms with Gasteiger partial charge in [-0.1, -0.05) is 12.1 Å². The molecule has 1 aliphatic rings. The van der Waals surface area contributed by atoms with E-state index >= 15 is 0 Å². The molecule has 2 heterocycles. The van der Waals surface area contributed by atoms with E-state index in [4.69, 9.17) is 12.2 Å². The zero-order chi connectivity index (χ0) is 20.6. The summed E-state index contributed by atoms with van der Waals surface area (Å²) in [5.74, 6) is 0.410. The predicted molar refractivity (Wildman–Crippen MR) is 104 cm³/mol. The van der Waals surface area contributed by atoms with Crippen molar-refractivity contribution < 1.29 is 18.0 Å². The van der Waals surface area contributed by atoms with Crippen LogP contribution in [0.3, 0.4) is 0 Å². The molecule has 3 aromatic rings. The van der Waals surface area contributed by atoms with Crippen LogP contribution in [0.5, 0.6) is 0 Å². The van der Waals surface area contributed by atoms with Crippen LogP contribution >= 0.6 is 23.6 Å². The van der Waals surface area contributed by atoms with Crippen molar-refractivity contribution in [1.29, 1.82) is 0 Å². The fourth-order valence-electron chi connectivity index (χ4n) is 2.94. The number of carbonyl (C=O) groups is 1. The molecule has 2 N–H and O–H groups in total. The summed E-state index contributed by atoms with van der Waals surface area (Å²) < 4.78 is 41.2. The van der Waals surface area contributed by atoms with Gasteiger partial charge in [0.05, 0.1) is 5.56 Å². The number of H-pyrrole nitrogens is 1. The van der Waals surface area contributed by atoms with Crippen molar-refractivity contribution in [2.24, 2.45) is 0 Å². The predicted octanol–water partition coefficient (Wildman–Crippen LogP) is 4.39. The van der Waals surface area contributed by atoms with Crippen molar-refractivity contribution >= 4 is 29.5 Å². The summed E-state index contributed by atoms with van der Waals surface area (Å²) in [6.45, 7) is 0.349. The van der Waals surface area contributed by atoms with Gasteiger partial charge in [0.1, 0.15) is 16.5 Å². The molecule has 0 spiro atoms. The number of nitrogens with zero attached hydrogens (tertiary/aromatic N) is 3. The third-order valence-corrected chi connectivity index (χ3v) is 5.68. The molecular weight excluding hydrogens is 423 g/mol. The monoisotopic (exact) mass is 439 g/mol. The topological polar surface area (TPSA) is 75.6 Å². The number of nitrogens with one attached hydrogen (secondary N) is 2. The number of aromatic amines is 1. The van der Waals surface area contributed by atoms with E-state index in [-0.39, 0.29) is 11.6 Å². The number of aromatic nitrogens is 4. The summed E-state index contributed by atoms with van der Waals surface area (Å²) >= 11 is 6.35. The minimum Gasteiger partial charge on any atom is -0.350 e. The molecule has 1 amide bonds. The van der Waals surface area contributed by atoms with E-state index in [0.29, 0.717) is 34.3 Å². The second kappa shape index (κ2) is 7.71. The Morgan fingerprint density at radius 1 is 1.38 bits per heavy atom. The number of alkyl halides is 3. The molecule has 152 valence electrons. The van der Waals surface area contributed by atoms with Crippen molar-refractivity contribution in [2.45, 2.75) is 31.5 Å². The standard InChI is InChI=1S/C18H16F3N5OS2/c19-18(20,21)11-3-1-2-10(8-11)16-23-13(9-29-16)15(27)22-7-6-14-24-25-17(28)26(14)12-4-5-12/h1-3,8-9,12H,4-7H2,(H,22,27)(H,25,28). The van der Waals surface area contributed by atoms with E-state index < -0.39 is 11.7 Å². The number of carbonyl (C=O) groups excluding carboxylic acids is 1. The maximum absolute atomic E-state index is 12.9. The SMILES string of the molecule is O=C(NCCc1n[nH]c(=S)n1C1CC1)c1csc(-c2cccc(C(F)(F)F)c2)n1. The molecule has 11 heteroatoms. The number of halogens is 3. The molecule has 0 radical (unpaired) electrons. The number of hydrogen-bond donors (Lipinski definition) is 2. The van der Waals surface area contributed by atoms with Crippen LogP contribution in [0.25, 0.3) is 10.6 Å². The van der Waals surface area contributed by atoms with Gasteiger partial charge in [-0.05, 0) is 37.2 Å². The lowest BCUT2D eigenvalue weighted by atomic mass is 10.1. The first kappa shape index (κ1) is 19.8. The van der Waals surface area contributed by atoms with Gasteiger partial charge in [-0.25, -0.2) is 4.98 Å². The molecule has 4 rings (SSSR count). The van der Waals surface area contributed by atoms with E-state index in [0.717, 1.165) is 42.1 Å². The molecule has 6 nitrogen and oxygen atoms in total. The van der Waals surface area contributed by atoms with Gasteiger partial charge in [0.2, 0.25) is 0 Å².